The first kappa shape index (κ1) is 14.5. The van der Waals surface area contributed by atoms with Gasteiger partial charge in [0.2, 0.25) is 0 Å². The highest BCUT2D eigenvalue weighted by atomic mass is 79.9. The Kier molecular flexibility index (Phi) is 4.70. The van der Waals surface area contributed by atoms with Gasteiger partial charge in [-0.05, 0) is 35.9 Å². The van der Waals surface area contributed by atoms with E-state index >= 15 is 0 Å². The van der Waals surface area contributed by atoms with Crippen molar-refractivity contribution in [3.63, 3.8) is 0 Å². The van der Waals surface area contributed by atoms with Crippen molar-refractivity contribution >= 4 is 21.6 Å². The van der Waals surface area contributed by atoms with E-state index in [9.17, 15) is 14.0 Å². The molecule has 2 aromatic carbocycles. The second-order valence-electron chi connectivity index (χ2n) is 4.18. The Bertz CT molecular complexity index is 621. The molecular weight excluding hydrogens is 326 g/mol. The largest absolute Gasteiger partial charge is 0.366 e. The number of hydrogen-bond donors (Lipinski definition) is 1. The third kappa shape index (κ3) is 3.55. The number of benzene rings is 2. The Morgan fingerprint density at radius 2 is 1.70 bits per heavy atom. The van der Waals surface area contributed by atoms with E-state index in [0.29, 0.717) is 5.56 Å². The van der Waals surface area contributed by atoms with E-state index in [2.05, 4.69) is 27.3 Å². The van der Waals surface area contributed by atoms with Gasteiger partial charge in [0.25, 0.3) is 6.43 Å². The molecule has 0 aromatic heterocycles. The smallest absolute Gasteiger partial charge is 0.263 e. The molecule has 5 heteroatoms. The molecule has 0 fully saturated rings. The Labute approximate surface area is 124 Å². The molecule has 0 aliphatic heterocycles. The van der Waals surface area contributed by atoms with Crippen LogP contribution in [-0.2, 0) is 0 Å². The van der Waals surface area contributed by atoms with Crippen molar-refractivity contribution in [1.29, 1.82) is 5.26 Å². The zero-order valence-electron chi connectivity index (χ0n) is 10.4. The average Bonchev–Trinajstić information content (AvgIpc) is 2.46. The maximum Gasteiger partial charge on any atom is 0.263 e. The van der Waals surface area contributed by atoms with E-state index in [1.165, 1.54) is 18.2 Å². The predicted octanol–water partition coefficient (Wildman–Crippen LogP) is 5.06. The summed E-state index contributed by atoms with van der Waals surface area (Å²) in [5.41, 5.74) is 1.19. The van der Waals surface area contributed by atoms with Crippen LogP contribution in [0.2, 0.25) is 0 Å². The van der Waals surface area contributed by atoms with E-state index in [4.69, 9.17) is 0 Å². The van der Waals surface area contributed by atoms with Crippen LogP contribution in [0.3, 0.4) is 0 Å². The highest BCUT2D eigenvalue weighted by molar-refractivity contribution is 9.10. The van der Waals surface area contributed by atoms with Gasteiger partial charge >= 0.3 is 0 Å². The molecular formula is C15H11BrF2N2. The number of anilines is 1. The molecule has 0 aliphatic carbocycles. The van der Waals surface area contributed by atoms with Crippen molar-refractivity contribution < 1.29 is 8.78 Å². The number of rotatable bonds is 4. The maximum absolute atomic E-state index is 12.7. The molecule has 2 aromatic rings. The molecule has 0 spiro atoms. The summed E-state index contributed by atoms with van der Waals surface area (Å²) in [6.45, 7) is 0. The third-order valence-corrected chi connectivity index (χ3v) is 3.31. The normalized spacial score (nSPS) is 11.9. The van der Waals surface area contributed by atoms with Crippen molar-refractivity contribution in [2.45, 2.75) is 12.5 Å². The average molecular weight is 337 g/mol. The second kappa shape index (κ2) is 6.49. The number of hydrogen-bond acceptors (Lipinski definition) is 2. The fourth-order valence-electron chi connectivity index (χ4n) is 1.78. The summed E-state index contributed by atoms with van der Waals surface area (Å²) in [4.78, 5) is 0. The Hall–Kier alpha value is -1.93. The summed E-state index contributed by atoms with van der Waals surface area (Å²) < 4.78 is 26.3. The number of halogens is 3. The lowest BCUT2D eigenvalue weighted by Gasteiger charge is -2.14. The van der Waals surface area contributed by atoms with Crippen LogP contribution in [-0.4, -0.2) is 0 Å². The van der Waals surface area contributed by atoms with Gasteiger partial charge in [0.15, 0.2) is 0 Å². The fraction of sp³-hybridized carbons (Fsp3) is 0.133. The standard InChI is InChI=1S/C15H11BrF2N2/c16-12-4-6-13(7-5-12)20-14(9-19)10-2-1-3-11(8-10)15(17)18/h1-8,14-15,20H. The van der Waals surface area contributed by atoms with Gasteiger partial charge < -0.3 is 5.32 Å². The molecule has 0 amide bonds. The van der Waals surface area contributed by atoms with Gasteiger partial charge in [-0.25, -0.2) is 8.78 Å². The molecule has 20 heavy (non-hydrogen) atoms. The van der Waals surface area contributed by atoms with Crippen LogP contribution >= 0.6 is 15.9 Å². The van der Waals surface area contributed by atoms with E-state index in [0.717, 1.165) is 10.2 Å². The summed E-state index contributed by atoms with van der Waals surface area (Å²) in [5.74, 6) is 0. The number of nitrogens with zero attached hydrogens (tertiary/aromatic N) is 1. The molecule has 1 unspecified atom stereocenters. The van der Waals surface area contributed by atoms with E-state index in [-0.39, 0.29) is 5.56 Å². The van der Waals surface area contributed by atoms with Crippen molar-refractivity contribution in [2.24, 2.45) is 0 Å². The van der Waals surface area contributed by atoms with Crippen LogP contribution in [0.25, 0.3) is 0 Å². The highest BCUT2D eigenvalue weighted by Gasteiger charge is 2.13. The lowest BCUT2D eigenvalue weighted by molar-refractivity contribution is 0.151. The van der Waals surface area contributed by atoms with Gasteiger partial charge in [0.1, 0.15) is 6.04 Å². The molecule has 0 bridgehead atoms. The number of nitriles is 1. The Morgan fingerprint density at radius 1 is 1.05 bits per heavy atom. The Morgan fingerprint density at radius 3 is 2.30 bits per heavy atom. The van der Waals surface area contributed by atoms with E-state index in [1.54, 1.807) is 6.07 Å². The minimum absolute atomic E-state index is 0.0830. The van der Waals surface area contributed by atoms with Gasteiger partial charge in [-0.3, -0.25) is 0 Å². The quantitative estimate of drug-likeness (QED) is 0.846. The minimum atomic E-state index is -2.54. The minimum Gasteiger partial charge on any atom is -0.366 e. The molecule has 1 atom stereocenters. The summed E-state index contributed by atoms with van der Waals surface area (Å²) in [5, 5.41) is 12.2. The van der Waals surface area contributed by atoms with Crippen LogP contribution in [0.15, 0.2) is 53.0 Å². The van der Waals surface area contributed by atoms with Gasteiger partial charge in [-0.2, -0.15) is 5.26 Å². The lowest BCUT2D eigenvalue weighted by atomic mass is 10.0. The third-order valence-electron chi connectivity index (χ3n) is 2.78. The van der Waals surface area contributed by atoms with Crippen LogP contribution in [0.4, 0.5) is 14.5 Å². The van der Waals surface area contributed by atoms with E-state index < -0.39 is 12.5 Å². The van der Waals surface area contributed by atoms with Crippen molar-refractivity contribution in [3.05, 3.63) is 64.1 Å². The second-order valence-corrected chi connectivity index (χ2v) is 5.10. The van der Waals surface area contributed by atoms with Crippen LogP contribution < -0.4 is 5.32 Å². The topological polar surface area (TPSA) is 35.8 Å². The van der Waals surface area contributed by atoms with Crippen LogP contribution in [0.5, 0.6) is 0 Å². The van der Waals surface area contributed by atoms with Crippen molar-refractivity contribution in [2.75, 3.05) is 5.32 Å². The summed E-state index contributed by atoms with van der Waals surface area (Å²) in [6, 6.07) is 14.6. The summed E-state index contributed by atoms with van der Waals surface area (Å²) in [7, 11) is 0. The first-order chi connectivity index (χ1) is 9.60. The molecule has 2 nitrogen and oxygen atoms in total. The lowest BCUT2D eigenvalue weighted by Crippen LogP contribution is -2.08. The SMILES string of the molecule is N#CC(Nc1ccc(Br)cc1)c1cccc(C(F)F)c1. The summed E-state index contributed by atoms with van der Waals surface area (Å²) in [6.07, 6.45) is -2.54. The molecule has 0 aliphatic rings. The molecule has 0 radical (unpaired) electrons. The van der Waals surface area contributed by atoms with Crippen molar-refractivity contribution in [1.82, 2.24) is 0 Å². The Balaban J connectivity index is 2.22. The highest BCUT2D eigenvalue weighted by Crippen LogP contribution is 2.25. The summed E-state index contributed by atoms with van der Waals surface area (Å²) >= 11 is 3.32. The maximum atomic E-state index is 12.7. The van der Waals surface area contributed by atoms with Gasteiger partial charge in [0, 0.05) is 15.7 Å². The zero-order chi connectivity index (χ0) is 14.5. The predicted molar refractivity (Wildman–Crippen MR) is 77.5 cm³/mol. The first-order valence-corrected chi connectivity index (χ1v) is 6.69. The molecule has 1 N–H and O–H groups in total. The van der Waals surface area contributed by atoms with Crippen molar-refractivity contribution in [3.8, 4) is 6.07 Å². The van der Waals surface area contributed by atoms with Gasteiger partial charge in [0.05, 0.1) is 6.07 Å². The molecule has 102 valence electrons. The fourth-order valence-corrected chi connectivity index (χ4v) is 2.04. The number of alkyl halides is 2. The molecule has 2 rings (SSSR count). The molecule has 0 saturated carbocycles. The van der Waals surface area contributed by atoms with E-state index in [1.807, 2.05) is 24.3 Å². The van der Waals surface area contributed by atoms with Gasteiger partial charge in [-0.1, -0.05) is 34.1 Å². The molecule has 0 saturated heterocycles. The van der Waals surface area contributed by atoms with Crippen LogP contribution in [0, 0.1) is 11.3 Å². The number of nitrogens with one attached hydrogen (secondary N) is 1. The first-order valence-electron chi connectivity index (χ1n) is 5.90. The zero-order valence-corrected chi connectivity index (χ0v) is 11.9. The van der Waals surface area contributed by atoms with Crippen LogP contribution in [0.1, 0.15) is 23.6 Å². The molecule has 0 heterocycles. The monoisotopic (exact) mass is 336 g/mol. The van der Waals surface area contributed by atoms with Gasteiger partial charge in [-0.15, -0.1) is 0 Å².